The maximum Gasteiger partial charge on any atom is 0.208 e. The molecule has 2 aliphatic rings. The summed E-state index contributed by atoms with van der Waals surface area (Å²) in [6.07, 6.45) is 4.62. The van der Waals surface area contributed by atoms with E-state index in [1.165, 1.54) is 18.5 Å². The first-order valence-electron chi connectivity index (χ1n) is 8.55. The monoisotopic (exact) mass is 341 g/mol. The second-order valence-electron chi connectivity index (χ2n) is 6.73. The molecule has 1 saturated heterocycles. The van der Waals surface area contributed by atoms with Gasteiger partial charge in [0.2, 0.25) is 5.13 Å². The number of piperidine rings is 1. The highest BCUT2D eigenvalue weighted by atomic mass is 32.1. The molecule has 7 nitrogen and oxygen atoms in total. The lowest BCUT2D eigenvalue weighted by Gasteiger charge is -2.30. The van der Waals surface area contributed by atoms with E-state index in [2.05, 4.69) is 37.4 Å². The fourth-order valence-corrected chi connectivity index (χ4v) is 4.15. The van der Waals surface area contributed by atoms with Crippen LogP contribution < -0.4 is 4.90 Å². The summed E-state index contributed by atoms with van der Waals surface area (Å²) in [4.78, 5) is 2.33. The molecular formula is C16H19N7S. The molecule has 8 heteroatoms. The van der Waals surface area contributed by atoms with Crippen LogP contribution >= 0.6 is 11.3 Å². The Morgan fingerprint density at radius 1 is 0.958 bits per heavy atom. The molecule has 0 spiro atoms. The number of nitrogens with zero attached hydrogens (tertiary/aromatic N) is 7. The standard InChI is InChI=1S/C16H19N7S/c1-10-17-20-16(24-10)22-8-6-12(7-9-22)15-19-18-14-5-4-13(11-2-3-11)21-23(14)15/h4-5,11-12H,2-3,6-9H2,1H3. The highest BCUT2D eigenvalue weighted by molar-refractivity contribution is 7.15. The second kappa shape index (κ2) is 5.47. The van der Waals surface area contributed by atoms with Gasteiger partial charge in [-0.25, -0.2) is 0 Å². The number of anilines is 1. The quantitative estimate of drug-likeness (QED) is 0.729. The first-order chi connectivity index (χ1) is 11.8. The van der Waals surface area contributed by atoms with Crippen molar-refractivity contribution in [2.24, 2.45) is 0 Å². The summed E-state index contributed by atoms with van der Waals surface area (Å²) in [5.41, 5.74) is 2.04. The Labute approximate surface area is 143 Å². The zero-order valence-electron chi connectivity index (χ0n) is 13.6. The van der Waals surface area contributed by atoms with Gasteiger partial charge in [0.1, 0.15) is 5.01 Å². The van der Waals surface area contributed by atoms with Crippen LogP contribution in [0.2, 0.25) is 0 Å². The summed E-state index contributed by atoms with van der Waals surface area (Å²) in [5, 5.41) is 24.0. The molecule has 0 bridgehead atoms. The van der Waals surface area contributed by atoms with Gasteiger partial charge in [-0.3, -0.25) is 0 Å². The predicted octanol–water partition coefficient (Wildman–Crippen LogP) is 2.55. The highest BCUT2D eigenvalue weighted by Crippen LogP contribution is 2.39. The zero-order valence-corrected chi connectivity index (χ0v) is 14.4. The summed E-state index contributed by atoms with van der Waals surface area (Å²) in [5.74, 6) is 2.07. The number of hydrogen-bond acceptors (Lipinski definition) is 7. The smallest absolute Gasteiger partial charge is 0.208 e. The molecule has 0 amide bonds. The maximum absolute atomic E-state index is 4.81. The normalized spacial score (nSPS) is 19.3. The van der Waals surface area contributed by atoms with Crippen LogP contribution in [0.3, 0.4) is 0 Å². The summed E-state index contributed by atoms with van der Waals surface area (Å²) in [6, 6.07) is 4.15. The second-order valence-corrected chi connectivity index (χ2v) is 7.89. The number of aryl methyl sites for hydroxylation is 1. The molecule has 1 aliphatic carbocycles. The Bertz CT molecular complexity index is 874. The van der Waals surface area contributed by atoms with Gasteiger partial charge in [0, 0.05) is 24.9 Å². The number of hydrogen-bond donors (Lipinski definition) is 0. The first kappa shape index (κ1) is 14.3. The fourth-order valence-electron chi connectivity index (χ4n) is 3.41. The number of fused-ring (bicyclic) bond motifs is 1. The predicted molar refractivity (Wildman–Crippen MR) is 91.6 cm³/mol. The summed E-state index contributed by atoms with van der Waals surface area (Å²) < 4.78 is 1.98. The van der Waals surface area contributed by atoms with Crippen molar-refractivity contribution >= 4 is 22.1 Å². The lowest BCUT2D eigenvalue weighted by atomic mass is 9.96. The molecular weight excluding hydrogens is 322 g/mol. The van der Waals surface area contributed by atoms with Crippen molar-refractivity contribution in [3.63, 3.8) is 0 Å². The van der Waals surface area contributed by atoms with Gasteiger partial charge in [0.25, 0.3) is 0 Å². The van der Waals surface area contributed by atoms with E-state index in [1.54, 1.807) is 11.3 Å². The zero-order chi connectivity index (χ0) is 16.1. The van der Waals surface area contributed by atoms with Crippen molar-refractivity contribution in [2.45, 2.75) is 44.4 Å². The van der Waals surface area contributed by atoms with Gasteiger partial charge >= 0.3 is 0 Å². The Balaban J connectivity index is 1.37. The lowest BCUT2D eigenvalue weighted by Crippen LogP contribution is -2.33. The van der Waals surface area contributed by atoms with E-state index in [0.29, 0.717) is 11.8 Å². The minimum Gasteiger partial charge on any atom is -0.347 e. The van der Waals surface area contributed by atoms with Crippen LogP contribution in [0.25, 0.3) is 5.65 Å². The van der Waals surface area contributed by atoms with E-state index in [-0.39, 0.29) is 0 Å². The Kier molecular flexibility index (Phi) is 3.26. The van der Waals surface area contributed by atoms with E-state index in [0.717, 1.165) is 47.5 Å². The SMILES string of the molecule is Cc1nnc(N2CCC(c3nnc4ccc(C5CC5)nn34)CC2)s1. The minimum atomic E-state index is 0.409. The van der Waals surface area contributed by atoms with Crippen molar-refractivity contribution in [2.75, 3.05) is 18.0 Å². The van der Waals surface area contributed by atoms with Crippen LogP contribution in [0.1, 0.15) is 54.0 Å². The molecule has 3 aromatic heterocycles. The molecule has 124 valence electrons. The average molecular weight is 341 g/mol. The van der Waals surface area contributed by atoms with Crippen LogP contribution in [0.4, 0.5) is 5.13 Å². The molecule has 24 heavy (non-hydrogen) atoms. The average Bonchev–Trinajstić information content (AvgIpc) is 3.24. The van der Waals surface area contributed by atoms with Crippen molar-refractivity contribution < 1.29 is 0 Å². The molecule has 0 aromatic carbocycles. The van der Waals surface area contributed by atoms with Crippen LogP contribution in [0.5, 0.6) is 0 Å². The van der Waals surface area contributed by atoms with Crippen LogP contribution in [0.15, 0.2) is 12.1 Å². The lowest BCUT2D eigenvalue weighted by molar-refractivity contribution is 0.475. The van der Waals surface area contributed by atoms with E-state index in [9.17, 15) is 0 Å². The van der Waals surface area contributed by atoms with Crippen LogP contribution in [-0.4, -0.2) is 43.1 Å². The van der Waals surface area contributed by atoms with Crippen molar-refractivity contribution in [3.8, 4) is 0 Å². The van der Waals surface area contributed by atoms with E-state index < -0.39 is 0 Å². The van der Waals surface area contributed by atoms with Crippen LogP contribution in [0, 0.1) is 6.92 Å². The summed E-state index contributed by atoms with van der Waals surface area (Å²) in [6.45, 7) is 3.96. The molecule has 0 radical (unpaired) electrons. The third-order valence-electron chi connectivity index (χ3n) is 4.95. The van der Waals surface area contributed by atoms with Crippen LogP contribution in [-0.2, 0) is 0 Å². The van der Waals surface area contributed by atoms with Gasteiger partial charge in [-0.1, -0.05) is 11.3 Å². The Hall–Kier alpha value is -2.09. The molecule has 0 N–H and O–H groups in total. The third kappa shape index (κ3) is 2.45. The topological polar surface area (TPSA) is 72.1 Å². The molecule has 1 saturated carbocycles. The van der Waals surface area contributed by atoms with Gasteiger partial charge in [-0.05, 0) is 44.7 Å². The number of aromatic nitrogens is 6. The molecule has 5 rings (SSSR count). The van der Waals surface area contributed by atoms with Gasteiger partial charge in [0.15, 0.2) is 11.5 Å². The minimum absolute atomic E-state index is 0.409. The van der Waals surface area contributed by atoms with Crippen molar-refractivity contribution in [1.82, 2.24) is 30.0 Å². The third-order valence-corrected chi connectivity index (χ3v) is 5.85. The van der Waals surface area contributed by atoms with Crippen molar-refractivity contribution in [3.05, 3.63) is 28.7 Å². The molecule has 4 heterocycles. The number of rotatable bonds is 3. The molecule has 3 aromatic rings. The first-order valence-corrected chi connectivity index (χ1v) is 9.37. The molecule has 0 unspecified atom stereocenters. The molecule has 0 atom stereocenters. The van der Waals surface area contributed by atoms with E-state index in [1.807, 2.05) is 11.4 Å². The van der Waals surface area contributed by atoms with Gasteiger partial charge in [0.05, 0.1) is 5.69 Å². The fraction of sp³-hybridized carbons (Fsp3) is 0.562. The highest BCUT2D eigenvalue weighted by Gasteiger charge is 2.29. The van der Waals surface area contributed by atoms with Gasteiger partial charge in [-0.2, -0.15) is 9.61 Å². The molecule has 2 fully saturated rings. The Morgan fingerprint density at radius 2 is 1.79 bits per heavy atom. The summed E-state index contributed by atoms with van der Waals surface area (Å²) >= 11 is 1.67. The van der Waals surface area contributed by atoms with E-state index >= 15 is 0 Å². The summed E-state index contributed by atoms with van der Waals surface area (Å²) in [7, 11) is 0. The Morgan fingerprint density at radius 3 is 2.50 bits per heavy atom. The molecule has 1 aliphatic heterocycles. The van der Waals surface area contributed by atoms with Crippen molar-refractivity contribution in [1.29, 1.82) is 0 Å². The maximum atomic E-state index is 4.81. The van der Waals surface area contributed by atoms with Gasteiger partial charge < -0.3 is 4.90 Å². The largest absolute Gasteiger partial charge is 0.347 e. The van der Waals surface area contributed by atoms with Gasteiger partial charge in [-0.15, -0.1) is 20.4 Å². The van der Waals surface area contributed by atoms with E-state index in [4.69, 9.17) is 5.10 Å².